The molecule has 2 aliphatic heterocycles. The Kier molecular flexibility index (Phi) is 4.58. The Morgan fingerprint density at radius 2 is 1.65 bits per heavy atom. The van der Waals surface area contributed by atoms with Crippen LogP contribution in [-0.4, -0.2) is 60.4 Å². The molecule has 0 aromatic heterocycles. The van der Waals surface area contributed by atoms with Gasteiger partial charge in [-0.3, -0.25) is 4.79 Å². The van der Waals surface area contributed by atoms with Crippen LogP contribution in [0.3, 0.4) is 0 Å². The van der Waals surface area contributed by atoms with Crippen LogP contribution in [0.1, 0.15) is 20.5 Å². The molecule has 2 aliphatic rings. The van der Waals surface area contributed by atoms with Gasteiger partial charge in [0.15, 0.2) is 0 Å². The van der Waals surface area contributed by atoms with E-state index in [2.05, 4.69) is 24.1 Å². The van der Waals surface area contributed by atoms with E-state index in [1.54, 1.807) is 0 Å². The summed E-state index contributed by atoms with van der Waals surface area (Å²) < 4.78 is 0.558. The number of rotatable bonds is 2. The van der Waals surface area contributed by atoms with Crippen molar-refractivity contribution in [3.05, 3.63) is 35.4 Å². The van der Waals surface area contributed by atoms with Crippen molar-refractivity contribution in [2.45, 2.75) is 4.58 Å². The van der Waals surface area contributed by atoms with Gasteiger partial charge >= 0.3 is 0 Å². The van der Waals surface area contributed by atoms with Crippen LogP contribution in [0.5, 0.6) is 0 Å². The second-order valence-corrected chi connectivity index (χ2v) is 8.02. The van der Waals surface area contributed by atoms with Gasteiger partial charge in [0, 0.05) is 43.2 Å². The van der Waals surface area contributed by atoms with Gasteiger partial charge in [-0.1, -0.05) is 12.1 Å². The smallest absolute Gasteiger partial charge is 0.253 e. The molecule has 0 bridgehead atoms. The predicted molar refractivity (Wildman–Crippen MR) is 87.5 cm³/mol. The molecule has 5 heteroatoms. The SMILES string of the molecule is CN1CCN(C(=O)c2ccc(C3SCCS3)cc2)CC1. The summed E-state index contributed by atoms with van der Waals surface area (Å²) in [7, 11) is 2.10. The van der Waals surface area contributed by atoms with Gasteiger partial charge in [-0.15, -0.1) is 23.5 Å². The lowest BCUT2D eigenvalue weighted by Crippen LogP contribution is -2.47. The molecule has 2 fully saturated rings. The molecular formula is C15H20N2OS2. The van der Waals surface area contributed by atoms with Gasteiger partial charge in [0.2, 0.25) is 0 Å². The van der Waals surface area contributed by atoms with Crippen molar-refractivity contribution >= 4 is 29.4 Å². The van der Waals surface area contributed by atoms with Crippen molar-refractivity contribution in [1.29, 1.82) is 0 Å². The normalized spacial score (nSPS) is 21.4. The highest BCUT2D eigenvalue weighted by Crippen LogP contribution is 2.45. The number of nitrogens with zero attached hydrogens (tertiary/aromatic N) is 2. The molecule has 108 valence electrons. The molecule has 0 N–H and O–H groups in total. The van der Waals surface area contributed by atoms with Crippen LogP contribution >= 0.6 is 23.5 Å². The highest BCUT2D eigenvalue weighted by Gasteiger charge is 2.22. The number of hydrogen-bond acceptors (Lipinski definition) is 4. The number of thioether (sulfide) groups is 2. The lowest BCUT2D eigenvalue weighted by molar-refractivity contribution is 0.0664. The Morgan fingerprint density at radius 3 is 2.25 bits per heavy atom. The first-order valence-corrected chi connectivity index (χ1v) is 9.15. The van der Waals surface area contributed by atoms with E-state index in [-0.39, 0.29) is 5.91 Å². The van der Waals surface area contributed by atoms with E-state index < -0.39 is 0 Å². The Bertz CT molecular complexity index is 463. The molecule has 0 aliphatic carbocycles. The molecule has 1 aromatic carbocycles. The molecule has 20 heavy (non-hydrogen) atoms. The van der Waals surface area contributed by atoms with Crippen LogP contribution in [0.4, 0.5) is 0 Å². The molecule has 3 nitrogen and oxygen atoms in total. The molecule has 0 unspecified atom stereocenters. The van der Waals surface area contributed by atoms with Gasteiger partial charge in [-0.2, -0.15) is 0 Å². The fourth-order valence-corrected chi connectivity index (χ4v) is 5.39. The number of carbonyl (C=O) groups excluding carboxylic acids is 1. The molecular weight excluding hydrogens is 288 g/mol. The first kappa shape index (κ1) is 14.3. The summed E-state index contributed by atoms with van der Waals surface area (Å²) in [6.45, 7) is 3.62. The summed E-state index contributed by atoms with van der Waals surface area (Å²) in [6, 6.07) is 8.24. The van der Waals surface area contributed by atoms with E-state index in [1.807, 2.05) is 40.6 Å². The van der Waals surface area contributed by atoms with Gasteiger partial charge < -0.3 is 9.80 Å². The first-order valence-electron chi connectivity index (χ1n) is 7.05. The maximum Gasteiger partial charge on any atom is 0.253 e. The number of carbonyl (C=O) groups is 1. The number of likely N-dealkylation sites (N-methyl/N-ethyl adjacent to an activating group) is 1. The minimum Gasteiger partial charge on any atom is -0.336 e. The summed E-state index contributed by atoms with van der Waals surface area (Å²) in [5.41, 5.74) is 2.17. The lowest BCUT2D eigenvalue weighted by Gasteiger charge is -2.32. The van der Waals surface area contributed by atoms with Crippen LogP contribution in [0, 0.1) is 0 Å². The van der Waals surface area contributed by atoms with Crippen LogP contribution in [0.25, 0.3) is 0 Å². The van der Waals surface area contributed by atoms with Crippen LogP contribution in [0.15, 0.2) is 24.3 Å². The zero-order valence-corrected chi connectivity index (χ0v) is 13.4. The van der Waals surface area contributed by atoms with E-state index in [0.717, 1.165) is 31.7 Å². The minimum absolute atomic E-state index is 0.177. The number of benzene rings is 1. The summed E-state index contributed by atoms with van der Waals surface area (Å²) in [5, 5.41) is 0. The largest absolute Gasteiger partial charge is 0.336 e. The average Bonchev–Trinajstić information content (AvgIpc) is 3.02. The summed E-state index contributed by atoms with van der Waals surface area (Å²) in [4.78, 5) is 16.7. The van der Waals surface area contributed by atoms with Crippen LogP contribution in [-0.2, 0) is 0 Å². The molecule has 2 saturated heterocycles. The van der Waals surface area contributed by atoms with Crippen molar-refractivity contribution in [3.63, 3.8) is 0 Å². The lowest BCUT2D eigenvalue weighted by atomic mass is 10.1. The van der Waals surface area contributed by atoms with Gasteiger partial charge in [-0.25, -0.2) is 0 Å². The van der Waals surface area contributed by atoms with E-state index in [1.165, 1.54) is 17.1 Å². The van der Waals surface area contributed by atoms with Gasteiger partial charge in [0.1, 0.15) is 0 Å². The Labute approximate surface area is 129 Å². The standard InChI is InChI=1S/C15H20N2OS2/c1-16-6-8-17(9-7-16)14(18)12-2-4-13(5-3-12)15-19-10-11-20-15/h2-5,15H,6-11H2,1H3. The van der Waals surface area contributed by atoms with Crippen LogP contribution in [0.2, 0.25) is 0 Å². The Balaban J connectivity index is 1.66. The summed E-state index contributed by atoms with van der Waals surface area (Å²) >= 11 is 4.00. The molecule has 3 rings (SSSR count). The van der Waals surface area contributed by atoms with Gasteiger partial charge in [-0.05, 0) is 24.7 Å². The summed E-state index contributed by atoms with van der Waals surface area (Å²) in [6.07, 6.45) is 0. The maximum absolute atomic E-state index is 12.4. The van der Waals surface area contributed by atoms with Gasteiger partial charge in [0.05, 0.1) is 4.58 Å². The number of hydrogen-bond donors (Lipinski definition) is 0. The van der Waals surface area contributed by atoms with E-state index in [9.17, 15) is 4.79 Å². The van der Waals surface area contributed by atoms with Crippen molar-refractivity contribution < 1.29 is 4.79 Å². The molecule has 0 spiro atoms. The number of piperazine rings is 1. The van der Waals surface area contributed by atoms with Crippen molar-refractivity contribution in [3.8, 4) is 0 Å². The van der Waals surface area contributed by atoms with E-state index >= 15 is 0 Å². The predicted octanol–water partition coefficient (Wildman–Crippen LogP) is 2.55. The molecule has 0 atom stereocenters. The third kappa shape index (κ3) is 3.15. The second kappa shape index (κ2) is 6.41. The number of amides is 1. The third-order valence-corrected chi connectivity index (χ3v) is 6.95. The zero-order valence-electron chi connectivity index (χ0n) is 11.7. The van der Waals surface area contributed by atoms with Gasteiger partial charge in [0.25, 0.3) is 5.91 Å². The van der Waals surface area contributed by atoms with Crippen molar-refractivity contribution in [2.24, 2.45) is 0 Å². The molecule has 0 radical (unpaired) electrons. The van der Waals surface area contributed by atoms with E-state index in [4.69, 9.17) is 0 Å². The van der Waals surface area contributed by atoms with E-state index in [0.29, 0.717) is 4.58 Å². The second-order valence-electron chi connectivity index (χ2n) is 5.29. The molecule has 1 aromatic rings. The fourth-order valence-electron chi connectivity index (χ4n) is 2.53. The fraction of sp³-hybridized carbons (Fsp3) is 0.533. The topological polar surface area (TPSA) is 23.6 Å². The van der Waals surface area contributed by atoms with Crippen molar-refractivity contribution in [1.82, 2.24) is 9.80 Å². The quantitative estimate of drug-likeness (QED) is 0.838. The monoisotopic (exact) mass is 308 g/mol. The Hall–Kier alpha value is -0.650. The molecule has 2 heterocycles. The first-order chi connectivity index (χ1) is 9.74. The van der Waals surface area contributed by atoms with Crippen molar-refractivity contribution in [2.75, 3.05) is 44.7 Å². The molecule has 0 saturated carbocycles. The Morgan fingerprint density at radius 1 is 1.05 bits per heavy atom. The third-order valence-electron chi connectivity index (χ3n) is 3.84. The highest BCUT2D eigenvalue weighted by atomic mass is 32.2. The minimum atomic E-state index is 0.177. The maximum atomic E-state index is 12.4. The average molecular weight is 308 g/mol. The summed E-state index contributed by atoms with van der Waals surface area (Å²) in [5.74, 6) is 2.64. The molecule has 1 amide bonds. The highest BCUT2D eigenvalue weighted by molar-refractivity contribution is 8.19. The van der Waals surface area contributed by atoms with Crippen LogP contribution < -0.4 is 0 Å². The zero-order chi connectivity index (χ0) is 13.9.